The summed E-state index contributed by atoms with van der Waals surface area (Å²) in [5, 5.41) is 1.07. The van der Waals surface area contributed by atoms with Crippen LogP contribution in [0.25, 0.3) is 0 Å². The molecule has 0 N–H and O–H groups in total. The molecule has 9 heteroatoms. The van der Waals surface area contributed by atoms with E-state index in [0.717, 1.165) is 37.3 Å². The fourth-order valence-corrected chi connectivity index (χ4v) is 4.87. The van der Waals surface area contributed by atoms with Crippen LogP contribution in [0.2, 0.25) is 5.15 Å². The van der Waals surface area contributed by atoms with Crippen molar-refractivity contribution in [1.29, 1.82) is 0 Å². The zero-order valence-electron chi connectivity index (χ0n) is 19.6. The summed E-state index contributed by atoms with van der Waals surface area (Å²) in [4.78, 5) is 39.4. The molecule has 33 heavy (non-hydrogen) atoms. The maximum absolute atomic E-state index is 13.0. The number of carbonyl (C=O) groups excluding carboxylic acids is 2. The van der Waals surface area contributed by atoms with E-state index >= 15 is 0 Å². The molecule has 178 valence electrons. The lowest BCUT2D eigenvalue weighted by Crippen LogP contribution is -2.50. The van der Waals surface area contributed by atoms with Crippen LogP contribution in [0.3, 0.4) is 0 Å². The van der Waals surface area contributed by atoms with E-state index in [0.29, 0.717) is 47.8 Å². The number of carbonyl (C=O) groups is 2. The Morgan fingerprint density at radius 3 is 2.33 bits per heavy atom. The van der Waals surface area contributed by atoms with Gasteiger partial charge in [-0.25, -0.2) is 9.97 Å². The SMILES string of the molecule is CCCN(CCC)c1cc(Cl)nc(SCc2cccc(C(=O)N3CCN(C(C)=O)CC3)c2)n1. The van der Waals surface area contributed by atoms with E-state index in [9.17, 15) is 9.59 Å². The molecule has 0 unspecified atom stereocenters. The van der Waals surface area contributed by atoms with E-state index in [1.807, 2.05) is 35.2 Å². The third kappa shape index (κ3) is 7.08. The Kier molecular flexibility index (Phi) is 9.38. The number of aromatic nitrogens is 2. The molecule has 1 saturated heterocycles. The first-order valence-corrected chi connectivity index (χ1v) is 12.8. The van der Waals surface area contributed by atoms with Crippen LogP contribution < -0.4 is 4.90 Å². The zero-order valence-corrected chi connectivity index (χ0v) is 21.2. The molecule has 0 saturated carbocycles. The first-order chi connectivity index (χ1) is 15.9. The van der Waals surface area contributed by atoms with E-state index < -0.39 is 0 Å². The maximum Gasteiger partial charge on any atom is 0.253 e. The van der Waals surface area contributed by atoms with Gasteiger partial charge in [0.1, 0.15) is 11.0 Å². The molecule has 0 spiro atoms. The number of rotatable bonds is 9. The molecule has 1 aliphatic rings. The zero-order chi connectivity index (χ0) is 23.8. The van der Waals surface area contributed by atoms with E-state index in [1.165, 1.54) is 11.8 Å². The third-order valence-corrected chi connectivity index (χ3v) is 6.64. The largest absolute Gasteiger partial charge is 0.356 e. The highest BCUT2D eigenvalue weighted by Crippen LogP contribution is 2.25. The molecule has 1 fully saturated rings. The molecule has 2 heterocycles. The van der Waals surface area contributed by atoms with Gasteiger partial charge in [-0.2, -0.15) is 0 Å². The van der Waals surface area contributed by atoms with Crippen molar-refractivity contribution in [3.63, 3.8) is 0 Å². The molecular formula is C24H32ClN5O2S. The summed E-state index contributed by atoms with van der Waals surface area (Å²) in [6, 6.07) is 9.50. The van der Waals surface area contributed by atoms with Gasteiger partial charge in [0.05, 0.1) is 0 Å². The number of nitrogens with zero attached hydrogens (tertiary/aromatic N) is 5. The van der Waals surface area contributed by atoms with Crippen molar-refractivity contribution < 1.29 is 9.59 Å². The quantitative estimate of drug-likeness (QED) is 0.296. The van der Waals surface area contributed by atoms with Gasteiger partial charge in [0, 0.05) is 63.6 Å². The standard InChI is InChI=1S/C24H32ClN5O2S/c1-4-9-29(10-5-2)22-16-21(25)26-24(27-22)33-17-19-7-6-8-20(15-19)23(32)30-13-11-28(12-14-30)18(3)31/h6-8,15-16H,4-5,9-14,17H2,1-3H3. The van der Waals surface area contributed by atoms with Crippen LogP contribution >= 0.6 is 23.4 Å². The second-order valence-electron chi connectivity index (χ2n) is 8.11. The minimum absolute atomic E-state index is 0.00103. The van der Waals surface area contributed by atoms with Gasteiger partial charge in [-0.3, -0.25) is 9.59 Å². The van der Waals surface area contributed by atoms with Crippen LogP contribution in [0, 0.1) is 0 Å². The van der Waals surface area contributed by atoms with Gasteiger partial charge in [-0.1, -0.05) is 49.3 Å². The molecule has 7 nitrogen and oxygen atoms in total. The molecule has 0 radical (unpaired) electrons. The summed E-state index contributed by atoms with van der Waals surface area (Å²) in [6.45, 7) is 10.0. The monoisotopic (exact) mass is 489 g/mol. The minimum Gasteiger partial charge on any atom is -0.356 e. The fraction of sp³-hybridized carbons (Fsp3) is 0.500. The molecule has 0 bridgehead atoms. The number of amides is 2. The second kappa shape index (κ2) is 12.2. The first kappa shape index (κ1) is 25.3. The van der Waals surface area contributed by atoms with Gasteiger partial charge in [0.25, 0.3) is 5.91 Å². The van der Waals surface area contributed by atoms with Crippen LogP contribution in [0.15, 0.2) is 35.5 Å². The van der Waals surface area contributed by atoms with Crippen molar-refractivity contribution in [1.82, 2.24) is 19.8 Å². The van der Waals surface area contributed by atoms with Gasteiger partial charge < -0.3 is 14.7 Å². The molecule has 1 aromatic carbocycles. The summed E-state index contributed by atoms with van der Waals surface area (Å²) >= 11 is 7.81. The Bertz CT molecular complexity index is 960. The Morgan fingerprint density at radius 2 is 1.70 bits per heavy atom. The molecule has 0 atom stereocenters. The van der Waals surface area contributed by atoms with Crippen LogP contribution in [0.4, 0.5) is 5.82 Å². The number of benzene rings is 1. The number of thioether (sulfide) groups is 1. The van der Waals surface area contributed by atoms with Gasteiger partial charge in [-0.15, -0.1) is 0 Å². The molecule has 1 aliphatic heterocycles. The minimum atomic E-state index is 0.00103. The summed E-state index contributed by atoms with van der Waals surface area (Å²) in [5.41, 5.74) is 1.69. The predicted octanol–water partition coefficient (Wildman–Crippen LogP) is 4.35. The van der Waals surface area contributed by atoms with Crippen molar-refractivity contribution in [2.45, 2.75) is 44.5 Å². The topological polar surface area (TPSA) is 69.6 Å². The Labute approximate surface area is 205 Å². The lowest BCUT2D eigenvalue weighted by atomic mass is 10.1. The number of hydrogen-bond donors (Lipinski definition) is 0. The van der Waals surface area contributed by atoms with Crippen molar-refractivity contribution >= 4 is 41.0 Å². The van der Waals surface area contributed by atoms with Gasteiger partial charge in [-0.05, 0) is 30.5 Å². The highest BCUT2D eigenvalue weighted by Gasteiger charge is 2.23. The second-order valence-corrected chi connectivity index (χ2v) is 9.44. The Balaban J connectivity index is 1.65. The van der Waals surface area contributed by atoms with Crippen LogP contribution in [0.5, 0.6) is 0 Å². The number of anilines is 1. The smallest absolute Gasteiger partial charge is 0.253 e. The van der Waals surface area contributed by atoms with E-state index in [4.69, 9.17) is 16.6 Å². The molecule has 3 rings (SSSR count). The number of halogens is 1. The molecule has 0 aliphatic carbocycles. The summed E-state index contributed by atoms with van der Waals surface area (Å²) < 4.78 is 0. The number of hydrogen-bond acceptors (Lipinski definition) is 6. The van der Waals surface area contributed by atoms with Crippen molar-refractivity contribution in [2.24, 2.45) is 0 Å². The highest BCUT2D eigenvalue weighted by atomic mass is 35.5. The maximum atomic E-state index is 13.0. The van der Waals surface area contributed by atoms with Gasteiger partial charge in [0.15, 0.2) is 5.16 Å². The molecule has 1 aromatic heterocycles. The van der Waals surface area contributed by atoms with E-state index in [2.05, 4.69) is 23.7 Å². The number of piperazine rings is 1. The Hall–Kier alpha value is -2.32. The van der Waals surface area contributed by atoms with Crippen LogP contribution in [-0.2, 0) is 10.5 Å². The molecular weight excluding hydrogens is 458 g/mol. The summed E-state index contributed by atoms with van der Waals surface area (Å²) in [6.07, 6.45) is 2.07. The van der Waals surface area contributed by atoms with Crippen molar-refractivity contribution in [3.05, 3.63) is 46.6 Å². The lowest BCUT2D eigenvalue weighted by molar-refractivity contribution is -0.130. The van der Waals surface area contributed by atoms with Crippen LogP contribution in [0.1, 0.15) is 49.5 Å². The summed E-state index contributed by atoms with van der Waals surface area (Å²) in [7, 11) is 0. The normalized spacial score (nSPS) is 13.8. The average molecular weight is 490 g/mol. The summed E-state index contributed by atoms with van der Waals surface area (Å²) in [5.74, 6) is 1.55. The first-order valence-electron chi connectivity index (χ1n) is 11.5. The van der Waals surface area contributed by atoms with Crippen LogP contribution in [-0.4, -0.2) is 70.9 Å². The Morgan fingerprint density at radius 1 is 1.03 bits per heavy atom. The third-order valence-electron chi connectivity index (χ3n) is 5.53. The molecule has 2 aromatic rings. The van der Waals surface area contributed by atoms with E-state index in [-0.39, 0.29) is 11.8 Å². The predicted molar refractivity (Wildman–Crippen MR) is 134 cm³/mol. The highest BCUT2D eigenvalue weighted by molar-refractivity contribution is 7.98. The van der Waals surface area contributed by atoms with Crippen molar-refractivity contribution in [2.75, 3.05) is 44.2 Å². The molecule has 2 amide bonds. The fourth-order valence-electron chi connectivity index (χ4n) is 3.84. The van der Waals surface area contributed by atoms with E-state index in [1.54, 1.807) is 11.8 Å². The van der Waals surface area contributed by atoms with Gasteiger partial charge in [0.2, 0.25) is 5.91 Å². The van der Waals surface area contributed by atoms with Crippen molar-refractivity contribution in [3.8, 4) is 0 Å². The lowest BCUT2D eigenvalue weighted by Gasteiger charge is -2.34. The average Bonchev–Trinajstić information content (AvgIpc) is 2.82. The van der Waals surface area contributed by atoms with Gasteiger partial charge >= 0.3 is 0 Å².